The van der Waals surface area contributed by atoms with E-state index in [0.717, 1.165) is 5.76 Å². The Morgan fingerprint density at radius 2 is 2.12 bits per heavy atom. The average Bonchev–Trinajstić information content (AvgIpc) is 3.18. The summed E-state index contributed by atoms with van der Waals surface area (Å²) < 4.78 is 5.47. The number of nitrogens with one attached hydrogen (secondary N) is 2. The molecule has 0 saturated heterocycles. The van der Waals surface area contributed by atoms with Crippen LogP contribution >= 0.6 is 23.2 Å². The molecule has 0 aliphatic heterocycles. The van der Waals surface area contributed by atoms with E-state index in [2.05, 4.69) is 20.7 Å². The number of nitrogens with zero attached hydrogens (tertiary/aromatic N) is 2. The van der Waals surface area contributed by atoms with Crippen LogP contribution in [0.25, 0.3) is 11.5 Å². The zero-order chi connectivity index (χ0) is 17.1. The first-order valence-electron chi connectivity index (χ1n) is 6.93. The fourth-order valence-corrected chi connectivity index (χ4v) is 2.42. The maximum Gasteiger partial charge on any atom is 0.291 e. The molecule has 24 heavy (non-hydrogen) atoms. The molecule has 6 nitrogen and oxygen atoms in total. The molecule has 0 saturated carbocycles. The molecule has 0 aliphatic carbocycles. The van der Waals surface area contributed by atoms with E-state index in [1.165, 1.54) is 6.21 Å². The number of aromatic amines is 1. The first kappa shape index (κ1) is 16.3. The van der Waals surface area contributed by atoms with Crippen LogP contribution in [-0.2, 0) is 0 Å². The summed E-state index contributed by atoms with van der Waals surface area (Å²) in [4.78, 5) is 12.0. The van der Waals surface area contributed by atoms with Crippen molar-refractivity contribution in [3.05, 3.63) is 63.5 Å². The van der Waals surface area contributed by atoms with E-state index in [1.807, 2.05) is 13.0 Å². The van der Waals surface area contributed by atoms with Gasteiger partial charge in [0.25, 0.3) is 5.91 Å². The van der Waals surface area contributed by atoms with E-state index in [4.69, 9.17) is 27.6 Å². The zero-order valence-electron chi connectivity index (χ0n) is 12.5. The standard InChI is InChI=1S/C16H12Cl2N4O2/c1-9-2-5-15(24-9)13-7-14(21-20-13)16(23)22-19-8-10-3-4-11(17)6-12(10)18/h2-8H,1H3,(H,20,21)(H,22,23)/b19-8-. The highest BCUT2D eigenvalue weighted by Crippen LogP contribution is 2.21. The molecule has 0 unspecified atom stereocenters. The fourth-order valence-electron chi connectivity index (χ4n) is 1.97. The number of carbonyl (C=O) groups excluding carboxylic acids is 1. The summed E-state index contributed by atoms with van der Waals surface area (Å²) in [5.41, 5.74) is 3.82. The average molecular weight is 363 g/mol. The van der Waals surface area contributed by atoms with Crippen molar-refractivity contribution in [1.82, 2.24) is 15.6 Å². The number of aryl methyl sites for hydroxylation is 1. The number of amides is 1. The smallest absolute Gasteiger partial charge is 0.291 e. The summed E-state index contributed by atoms with van der Waals surface area (Å²) in [7, 11) is 0. The van der Waals surface area contributed by atoms with Crippen LogP contribution in [0.1, 0.15) is 21.8 Å². The number of halogens is 2. The molecular formula is C16H12Cl2N4O2. The van der Waals surface area contributed by atoms with Crippen molar-refractivity contribution in [3.63, 3.8) is 0 Å². The van der Waals surface area contributed by atoms with E-state index in [-0.39, 0.29) is 5.69 Å². The van der Waals surface area contributed by atoms with Gasteiger partial charge in [-0.05, 0) is 31.2 Å². The molecule has 1 amide bonds. The minimum atomic E-state index is -0.456. The highest BCUT2D eigenvalue weighted by Gasteiger charge is 2.12. The molecule has 0 fully saturated rings. The summed E-state index contributed by atoms with van der Waals surface area (Å²) in [6.45, 7) is 1.84. The van der Waals surface area contributed by atoms with Gasteiger partial charge in [0.2, 0.25) is 0 Å². The second kappa shape index (κ2) is 6.90. The van der Waals surface area contributed by atoms with Crippen molar-refractivity contribution in [1.29, 1.82) is 0 Å². The quantitative estimate of drug-likeness (QED) is 0.542. The Morgan fingerprint density at radius 3 is 2.83 bits per heavy atom. The van der Waals surface area contributed by atoms with Crippen LogP contribution in [0.5, 0.6) is 0 Å². The number of furan rings is 1. The number of H-pyrrole nitrogens is 1. The molecule has 2 aromatic heterocycles. The summed E-state index contributed by atoms with van der Waals surface area (Å²) in [6.07, 6.45) is 1.43. The number of aromatic nitrogens is 2. The highest BCUT2D eigenvalue weighted by atomic mass is 35.5. The van der Waals surface area contributed by atoms with Gasteiger partial charge in [0.05, 0.1) is 11.2 Å². The van der Waals surface area contributed by atoms with Crippen molar-refractivity contribution in [2.75, 3.05) is 0 Å². The van der Waals surface area contributed by atoms with Gasteiger partial charge < -0.3 is 4.42 Å². The topological polar surface area (TPSA) is 83.3 Å². The first-order valence-corrected chi connectivity index (χ1v) is 7.69. The summed E-state index contributed by atoms with van der Waals surface area (Å²) in [6, 6.07) is 10.2. The van der Waals surface area contributed by atoms with E-state index in [1.54, 1.807) is 30.3 Å². The molecule has 0 atom stereocenters. The van der Waals surface area contributed by atoms with Crippen molar-refractivity contribution < 1.29 is 9.21 Å². The van der Waals surface area contributed by atoms with Crippen LogP contribution in [0.15, 0.2) is 45.9 Å². The Labute approximate surface area is 147 Å². The molecule has 0 radical (unpaired) electrons. The van der Waals surface area contributed by atoms with Crippen LogP contribution in [0.3, 0.4) is 0 Å². The van der Waals surface area contributed by atoms with Gasteiger partial charge in [-0.3, -0.25) is 9.89 Å². The number of rotatable bonds is 4. The van der Waals surface area contributed by atoms with Gasteiger partial charge >= 0.3 is 0 Å². The number of hydrazone groups is 1. The SMILES string of the molecule is Cc1ccc(-c2cc(C(=O)N/N=C\c3ccc(Cl)cc3Cl)n[nH]2)o1. The highest BCUT2D eigenvalue weighted by molar-refractivity contribution is 6.36. The molecule has 122 valence electrons. The number of hydrogen-bond donors (Lipinski definition) is 2. The lowest BCUT2D eigenvalue weighted by atomic mass is 10.2. The molecule has 1 aromatic carbocycles. The van der Waals surface area contributed by atoms with Crippen molar-refractivity contribution in [2.24, 2.45) is 5.10 Å². The Bertz CT molecular complexity index is 914. The molecule has 0 bridgehead atoms. The molecule has 2 N–H and O–H groups in total. The Balaban J connectivity index is 1.67. The normalized spacial score (nSPS) is 11.1. The van der Waals surface area contributed by atoms with Crippen molar-refractivity contribution in [3.8, 4) is 11.5 Å². The molecule has 3 aromatic rings. The lowest BCUT2D eigenvalue weighted by molar-refractivity contribution is 0.0950. The predicted molar refractivity (Wildman–Crippen MR) is 92.5 cm³/mol. The van der Waals surface area contributed by atoms with Gasteiger partial charge in [-0.2, -0.15) is 10.2 Å². The molecule has 0 spiro atoms. The maximum atomic E-state index is 12.0. The van der Waals surface area contributed by atoms with Gasteiger partial charge in [-0.15, -0.1) is 0 Å². The molecule has 2 heterocycles. The number of benzene rings is 1. The second-order valence-electron chi connectivity index (χ2n) is 4.94. The van der Waals surface area contributed by atoms with Crippen LogP contribution < -0.4 is 5.43 Å². The molecule has 8 heteroatoms. The van der Waals surface area contributed by atoms with Gasteiger partial charge in [-0.1, -0.05) is 29.3 Å². The molecular weight excluding hydrogens is 351 g/mol. The first-order chi connectivity index (χ1) is 11.5. The Kier molecular flexibility index (Phi) is 4.69. The minimum absolute atomic E-state index is 0.193. The maximum absolute atomic E-state index is 12.0. The van der Waals surface area contributed by atoms with Crippen molar-refractivity contribution in [2.45, 2.75) is 6.92 Å². The monoisotopic (exact) mass is 362 g/mol. The number of hydrogen-bond acceptors (Lipinski definition) is 4. The van der Waals surface area contributed by atoms with Crippen LogP contribution in [0.4, 0.5) is 0 Å². The predicted octanol–water partition coefficient (Wildman–Crippen LogP) is 4.05. The lowest BCUT2D eigenvalue weighted by Gasteiger charge is -1.98. The summed E-state index contributed by atoms with van der Waals surface area (Å²) >= 11 is 11.8. The summed E-state index contributed by atoms with van der Waals surface area (Å²) in [5, 5.41) is 11.5. The van der Waals surface area contributed by atoms with Crippen LogP contribution in [0.2, 0.25) is 10.0 Å². The van der Waals surface area contributed by atoms with Crippen LogP contribution in [0, 0.1) is 6.92 Å². The number of carbonyl (C=O) groups is 1. The van der Waals surface area contributed by atoms with E-state index < -0.39 is 5.91 Å². The Morgan fingerprint density at radius 1 is 1.29 bits per heavy atom. The fraction of sp³-hybridized carbons (Fsp3) is 0.0625. The third-order valence-electron chi connectivity index (χ3n) is 3.15. The lowest BCUT2D eigenvalue weighted by Crippen LogP contribution is -2.18. The van der Waals surface area contributed by atoms with Gasteiger partial charge in [0.15, 0.2) is 11.5 Å². The third kappa shape index (κ3) is 3.67. The van der Waals surface area contributed by atoms with Crippen LogP contribution in [-0.4, -0.2) is 22.3 Å². The van der Waals surface area contributed by atoms with Gasteiger partial charge in [-0.25, -0.2) is 5.43 Å². The third-order valence-corrected chi connectivity index (χ3v) is 3.71. The van der Waals surface area contributed by atoms with Gasteiger partial charge in [0.1, 0.15) is 11.5 Å². The van der Waals surface area contributed by atoms with Crippen molar-refractivity contribution >= 4 is 35.3 Å². The van der Waals surface area contributed by atoms with E-state index >= 15 is 0 Å². The largest absolute Gasteiger partial charge is 0.460 e. The summed E-state index contributed by atoms with van der Waals surface area (Å²) in [5.74, 6) is 0.924. The van der Waals surface area contributed by atoms with E-state index in [0.29, 0.717) is 27.1 Å². The van der Waals surface area contributed by atoms with Gasteiger partial charge in [0, 0.05) is 16.7 Å². The molecule has 3 rings (SSSR count). The minimum Gasteiger partial charge on any atom is -0.460 e. The Hall–Kier alpha value is -2.57. The second-order valence-corrected chi connectivity index (χ2v) is 5.79. The molecule has 0 aliphatic rings. The van der Waals surface area contributed by atoms with E-state index in [9.17, 15) is 4.79 Å². The zero-order valence-corrected chi connectivity index (χ0v) is 14.0.